The number of hydrogen-bond donors (Lipinski definition) is 0. The first-order valence-electron chi connectivity index (χ1n) is 5.19. The number of morpholine rings is 1. The summed E-state index contributed by atoms with van der Waals surface area (Å²) in [5, 5.41) is 0. The standard InChI is InChI=1S/C10H20ClNO/c1-10(2-4-11)3-5-12-6-8-13-9-7-12/h10H,2-9H2,1H3. The van der Waals surface area contributed by atoms with Crippen LogP contribution in [0.15, 0.2) is 0 Å². The zero-order valence-electron chi connectivity index (χ0n) is 8.47. The number of halogens is 1. The van der Waals surface area contributed by atoms with Crippen LogP contribution in [0.5, 0.6) is 0 Å². The molecule has 0 aliphatic carbocycles. The Morgan fingerprint density at radius 3 is 2.62 bits per heavy atom. The van der Waals surface area contributed by atoms with Crippen molar-refractivity contribution in [2.24, 2.45) is 5.92 Å². The molecule has 1 heterocycles. The predicted molar refractivity (Wildman–Crippen MR) is 56.4 cm³/mol. The van der Waals surface area contributed by atoms with E-state index in [2.05, 4.69) is 11.8 Å². The van der Waals surface area contributed by atoms with Crippen LogP contribution in [0.4, 0.5) is 0 Å². The van der Waals surface area contributed by atoms with E-state index in [9.17, 15) is 0 Å². The first kappa shape index (κ1) is 11.3. The van der Waals surface area contributed by atoms with E-state index in [0.29, 0.717) is 0 Å². The van der Waals surface area contributed by atoms with Crippen LogP contribution in [-0.4, -0.2) is 43.6 Å². The molecule has 1 fully saturated rings. The fraction of sp³-hybridized carbons (Fsp3) is 1.00. The van der Waals surface area contributed by atoms with Crippen molar-refractivity contribution in [3.05, 3.63) is 0 Å². The van der Waals surface area contributed by atoms with Gasteiger partial charge in [-0.25, -0.2) is 0 Å². The zero-order chi connectivity index (χ0) is 9.52. The number of rotatable bonds is 5. The molecule has 78 valence electrons. The van der Waals surface area contributed by atoms with Crippen LogP contribution in [0.25, 0.3) is 0 Å². The van der Waals surface area contributed by atoms with Gasteiger partial charge in [-0.05, 0) is 25.3 Å². The van der Waals surface area contributed by atoms with Crippen molar-refractivity contribution < 1.29 is 4.74 Å². The maximum atomic E-state index is 5.68. The van der Waals surface area contributed by atoms with Crippen LogP contribution in [0, 0.1) is 5.92 Å². The Balaban J connectivity index is 2.03. The lowest BCUT2D eigenvalue weighted by Gasteiger charge is -2.27. The molecule has 2 nitrogen and oxygen atoms in total. The quantitative estimate of drug-likeness (QED) is 0.637. The van der Waals surface area contributed by atoms with Gasteiger partial charge < -0.3 is 4.74 Å². The van der Waals surface area contributed by atoms with Crippen molar-refractivity contribution in [1.29, 1.82) is 0 Å². The molecule has 0 spiro atoms. The van der Waals surface area contributed by atoms with Gasteiger partial charge in [-0.15, -0.1) is 11.6 Å². The summed E-state index contributed by atoms with van der Waals surface area (Å²) in [6.07, 6.45) is 2.42. The maximum Gasteiger partial charge on any atom is 0.0594 e. The van der Waals surface area contributed by atoms with Crippen LogP contribution in [0.1, 0.15) is 19.8 Å². The molecular formula is C10H20ClNO. The number of nitrogens with zero attached hydrogens (tertiary/aromatic N) is 1. The Hall–Kier alpha value is 0.210. The van der Waals surface area contributed by atoms with Gasteiger partial charge in [-0.3, -0.25) is 4.90 Å². The van der Waals surface area contributed by atoms with Gasteiger partial charge >= 0.3 is 0 Å². The Labute approximate surface area is 86.2 Å². The first-order chi connectivity index (χ1) is 6.33. The zero-order valence-corrected chi connectivity index (χ0v) is 9.22. The molecule has 13 heavy (non-hydrogen) atoms. The molecule has 1 atom stereocenters. The topological polar surface area (TPSA) is 12.5 Å². The second-order valence-electron chi connectivity index (χ2n) is 3.83. The highest BCUT2D eigenvalue weighted by Gasteiger charge is 2.11. The van der Waals surface area contributed by atoms with Crippen LogP contribution < -0.4 is 0 Å². The van der Waals surface area contributed by atoms with Crippen LogP contribution in [-0.2, 0) is 4.74 Å². The Morgan fingerprint density at radius 1 is 1.31 bits per heavy atom. The Morgan fingerprint density at radius 2 is 2.00 bits per heavy atom. The highest BCUT2D eigenvalue weighted by atomic mass is 35.5. The smallest absolute Gasteiger partial charge is 0.0594 e. The van der Waals surface area contributed by atoms with Crippen LogP contribution >= 0.6 is 11.6 Å². The molecule has 0 radical (unpaired) electrons. The fourth-order valence-corrected chi connectivity index (χ4v) is 1.93. The lowest BCUT2D eigenvalue weighted by Crippen LogP contribution is -2.37. The van der Waals surface area contributed by atoms with Crippen molar-refractivity contribution in [2.45, 2.75) is 19.8 Å². The summed E-state index contributed by atoms with van der Waals surface area (Å²) in [4.78, 5) is 2.48. The van der Waals surface area contributed by atoms with Gasteiger partial charge in [0.25, 0.3) is 0 Å². The molecule has 1 aliphatic rings. The maximum absolute atomic E-state index is 5.68. The molecule has 0 aromatic carbocycles. The summed E-state index contributed by atoms with van der Waals surface area (Å²) in [5.41, 5.74) is 0. The average molecular weight is 206 g/mol. The summed E-state index contributed by atoms with van der Waals surface area (Å²) in [6, 6.07) is 0. The highest BCUT2D eigenvalue weighted by Crippen LogP contribution is 2.10. The van der Waals surface area contributed by atoms with Gasteiger partial charge in [-0.1, -0.05) is 6.92 Å². The van der Waals surface area contributed by atoms with Crippen LogP contribution in [0.2, 0.25) is 0 Å². The molecule has 1 rings (SSSR count). The van der Waals surface area contributed by atoms with Gasteiger partial charge in [0, 0.05) is 19.0 Å². The summed E-state index contributed by atoms with van der Waals surface area (Å²) >= 11 is 5.68. The molecule has 1 saturated heterocycles. The SMILES string of the molecule is CC(CCCl)CCN1CCOCC1. The average Bonchev–Trinajstić information content (AvgIpc) is 2.17. The van der Waals surface area contributed by atoms with Gasteiger partial charge in [-0.2, -0.15) is 0 Å². The van der Waals surface area contributed by atoms with Gasteiger partial charge in [0.2, 0.25) is 0 Å². The highest BCUT2D eigenvalue weighted by molar-refractivity contribution is 6.17. The monoisotopic (exact) mass is 205 g/mol. The molecular weight excluding hydrogens is 186 g/mol. The van der Waals surface area contributed by atoms with E-state index >= 15 is 0 Å². The third-order valence-corrected chi connectivity index (χ3v) is 2.86. The predicted octanol–water partition coefficient (Wildman–Crippen LogP) is 1.97. The molecule has 1 aliphatic heterocycles. The van der Waals surface area contributed by atoms with E-state index in [1.807, 2.05) is 0 Å². The van der Waals surface area contributed by atoms with Crippen molar-refractivity contribution in [1.82, 2.24) is 4.90 Å². The number of ether oxygens (including phenoxy) is 1. The second-order valence-corrected chi connectivity index (χ2v) is 4.20. The van der Waals surface area contributed by atoms with Crippen molar-refractivity contribution in [3.63, 3.8) is 0 Å². The minimum Gasteiger partial charge on any atom is -0.379 e. The van der Waals surface area contributed by atoms with Crippen molar-refractivity contribution in [3.8, 4) is 0 Å². The number of hydrogen-bond acceptors (Lipinski definition) is 2. The lowest BCUT2D eigenvalue weighted by molar-refractivity contribution is 0.0356. The third-order valence-electron chi connectivity index (χ3n) is 2.64. The van der Waals surface area contributed by atoms with E-state index in [1.54, 1.807) is 0 Å². The largest absolute Gasteiger partial charge is 0.379 e. The minimum atomic E-state index is 0.764. The molecule has 0 aromatic rings. The lowest BCUT2D eigenvalue weighted by atomic mass is 10.1. The van der Waals surface area contributed by atoms with Crippen molar-refractivity contribution in [2.75, 3.05) is 38.7 Å². The second kappa shape index (κ2) is 6.63. The van der Waals surface area contributed by atoms with Crippen molar-refractivity contribution >= 4 is 11.6 Å². The fourth-order valence-electron chi connectivity index (χ4n) is 1.56. The third kappa shape index (κ3) is 4.84. The Kier molecular flexibility index (Phi) is 5.76. The van der Waals surface area contributed by atoms with Gasteiger partial charge in [0.05, 0.1) is 13.2 Å². The molecule has 0 amide bonds. The Bertz CT molecular complexity index is 126. The summed E-state index contributed by atoms with van der Waals surface area (Å²) < 4.78 is 5.29. The van der Waals surface area contributed by atoms with Gasteiger partial charge in [0.1, 0.15) is 0 Å². The summed E-state index contributed by atoms with van der Waals surface area (Å²) in [7, 11) is 0. The number of alkyl halides is 1. The molecule has 1 unspecified atom stereocenters. The van der Waals surface area contributed by atoms with E-state index in [0.717, 1.165) is 44.5 Å². The normalized spacial score (nSPS) is 21.7. The molecule has 0 aromatic heterocycles. The molecule has 0 bridgehead atoms. The van der Waals surface area contributed by atoms with Gasteiger partial charge in [0.15, 0.2) is 0 Å². The van der Waals surface area contributed by atoms with Crippen LogP contribution in [0.3, 0.4) is 0 Å². The van der Waals surface area contributed by atoms with E-state index < -0.39 is 0 Å². The van der Waals surface area contributed by atoms with E-state index in [1.165, 1.54) is 13.0 Å². The molecule has 0 N–H and O–H groups in total. The summed E-state index contributed by atoms with van der Waals surface area (Å²) in [6.45, 7) is 7.51. The minimum absolute atomic E-state index is 0.764. The summed E-state index contributed by atoms with van der Waals surface area (Å²) in [5.74, 6) is 1.56. The molecule has 3 heteroatoms. The van der Waals surface area contributed by atoms with E-state index in [-0.39, 0.29) is 0 Å². The molecule has 0 saturated carbocycles. The first-order valence-corrected chi connectivity index (χ1v) is 5.72. The van der Waals surface area contributed by atoms with E-state index in [4.69, 9.17) is 16.3 Å².